The van der Waals surface area contributed by atoms with Crippen LogP contribution in [-0.4, -0.2) is 26.6 Å². The first-order chi connectivity index (χ1) is 12.3. The Bertz CT molecular complexity index is 691. The molecule has 0 aliphatic heterocycles. The zero-order valence-corrected chi connectivity index (χ0v) is 14.4. The number of rotatable bonds is 5. The van der Waals surface area contributed by atoms with Crippen LogP contribution in [0.3, 0.4) is 0 Å². The average Bonchev–Trinajstić information content (AvgIpc) is 3.19. The second-order valence-electron chi connectivity index (χ2n) is 7.23. The molecule has 6 heteroatoms. The Morgan fingerprint density at radius 2 is 2.12 bits per heavy atom. The van der Waals surface area contributed by atoms with Gasteiger partial charge in [0.2, 0.25) is 0 Å². The molecule has 0 spiro atoms. The van der Waals surface area contributed by atoms with Crippen molar-refractivity contribution in [3.63, 3.8) is 0 Å². The lowest BCUT2D eigenvalue weighted by atomic mass is 9.85. The van der Waals surface area contributed by atoms with Gasteiger partial charge >= 0.3 is 6.03 Å². The smallest absolute Gasteiger partial charge is 0.315 e. The number of carbonyl (C=O) groups excluding carboxylic acids is 1. The zero-order valence-electron chi connectivity index (χ0n) is 14.4. The van der Waals surface area contributed by atoms with Crippen molar-refractivity contribution in [1.82, 2.24) is 25.2 Å². The first-order valence-corrected chi connectivity index (χ1v) is 9.27. The number of carbonyl (C=O) groups is 1. The maximum atomic E-state index is 12.1. The molecule has 2 heterocycles. The van der Waals surface area contributed by atoms with Crippen LogP contribution in [-0.2, 0) is 6.54 Å². The summed E-state index contributed by atoms with van der Waals surface area (Å²) in [7, 11) is 0. The highest BCUT2D eigenvalue weighted by Gasteiger charge is 2.43. The Kier molecular flexibility index (Phi) is 4.68. The summed E-state index contributed by atoms with van der Waals surface area (Å²) in [5, 5.41) is 6.06. The molecule has 25 heavy (non-hydrogen) atoms. The first-order valence-electron chi connectivity index (χ1n) is 9.27. The highest BCUT2D eigenvalue weighted by Crippen LogP contribution is 2.44. The Labute approximate surface area is 148 Å². The number of nitrogens with one attached hydrogen (secondary N) is 2. The monoisotopic (exact) mass is 339 g/mol. The summed E-state index contributed by atoms with van der Waals surface area (Å²) in [5.41, 5.74) is 0.985. The molecule has 2 saturated carbocycles. The lowest BCUT2D eigenvalue weighted by Gasteiger charge is -2.21. The molecule has 132 valence electrons. The number of amides is 2. The Morgan fingerprint density at radius 1 is 1.24 bits per heavy atom. The quantitative estimate of drug-likeness (QED) is 0.879. The fraction of sp³-hybridized carbons (Fsp3) is 0.526. The van der Waals surface area contributed by atoms with Gasteiger partial charge in [-0.15, -0.1) is 0 Å². The number of imidazole rings is 1. The van der Waals surface area contributed by atoms with Crippen molar-refractivity contribution in [2.75, 3.05) is 0 Å². The van der Waals surface area contributed by atoms with Gasteiger partial charge in [0.1, 0.15) is 12.1 Å². The third-order valence-electron chi connectivity index (χ3n) is 5.44. The molecule has 0 unspecified atom stereocenters. The summed E-state index contributed by atoms with van der Waals surface area (Å²) in [5.74, 6) is 2.36. The van der Waals surface area contributed by atoms with Crippen molar-refractivity contribution >= 4 is 6.03 Å². The minimum absolute atomic E-state index is 0.0676. The van der Waals surface area contributed by atoms with Gasteiger partial charge in [-0.3, -0.25) is 4.57 Å². The van der Waals surface area contributed by atoms with E-state index in [1.807, 2.05) is 22.9 Å². The Morgan fingerprint density at radius 3 is 2.84 bits per heavy atom. The van der Waals surface area contributed by atoms with Gasteiger partial charge in [-0.25, -0.2) is 14.8 Å². The predicted octanol–water partition coefficient (Wildman–Crippen LogP) is 3.04. The largest absolute Gasteiger partial charge is 0.335 e. The average molecular weight is 339 g/mol. The van der Waals surface area contributed by atoms with E-state index < -0.39 is 0 Å². The summed E-state index contributed by atoms with van der Waals surface area (Å²) in [4.78, 5) is 20.5. The number of pyridine rings is 1. The van der Waals surface area contributed by atoms with E-state index in [4.69, 9.17) is 0 Å². The first kappa shape index (κ1) is 16.1. The van der Waals surface area contributed by atoms with Crippen LogP contribution in [0.1, 0.15) is 44.1 Å². The van der Waals surface area contributed by atoms with Crippen LogP contribution in [0.2, 0.25) is 0 Å². The van der Waals surface area contributed by atoms with Crippen molar-refractivity contribution in [1.29, 1.82) is 0 Å². The zero-order chi connectivity index (χ0) is 17.1. The summed E-state index contributed by atoms with van der Waals surface area (Å²) in [6.45, 7) is 0.490. The van der Waals surface area contributed by atoms with Crippen molar-refractivity contribution < 1.29 is 4.79 Å². The highest BCUT2D eigenvalue weighted by atomic mass is 16.2. The molecular formula is C19H25N5O. The second kappa shape index (κ2) is 7.25. The Balaban J connectivity index is 1.21. The van der Waals surface area contributed by atoms with Gasteiger partial charge in [-0.1, -0.05) is 38.2 Å². The number of hydrogen-bond acceptors (Lipinski definition) is 3. The molecule has 4 rings (SSSR count). The maximum absolute atomic E-state index is 12.1. The van der Waals surface area contributed by atoms with E-state index in [1.54, 1.807) is 18.7 Å². The third kappa shape index (κ3) is 4.00. The second-order valence-corrected chi connectivity index (χ2v) is 7.23. The van der Waals surface area contributed by atoms with Crippen LogP contribution in [0.25, 0.3) is 5.82 Å². The van der Waals surface area contributed by atoms with Gasteiger partial charge in [0, 0.05) is 31.2 Å². The number of aromatic nitrogens is 3. The van der Waals surface area contributed by atoms with Crippen molar-refractivity contribution in [3.8, 4) is 5.82 Å². The van der Waals surface area contributed by atoms with Crippen LogP contribution in [0.15, 0.2) is 37.1 Å². The van der Waals surface area contributed by atoms with E-state index in [9.17, 15) is 4.79 Å². The molecule has 2 aromatic heterocycles. The van der Waals surface area contributed by atoms with Crippen LogP contribution >= 0.6 is 0 Å². The minimum atomic E-state index is -0.0676. The van der Waals surface area contributed by atoms with Crippen molar-refractivity contribution in [2.45, 2.75) is 51.1 Å². The third-order valence-corrected chi connectivity index (χ3v) is 5.44. The molecule has 2 aliphatic rings. The van der Waals surface area contributed by atoms with Gasteiger partial charge in [-0.2, -0.15) is 0 Å². The van der Waals surface area contributed by atoms with Crippen LogP contribution in [0.4, 0.5) is 4.79 Å². The predicted molar refractivity (Wildman–Crippen MR) is 95.2 cm³/mol. The maximum Gasteiger partial charge on any atom is 0.315 e. The fourth-order valence-electron chi connectivity index (χ4n) is 3.93. The molecule has 6 nitrogen and oxygen atoms in total. The molecular weight excluding hydrogens is 314 g/mol. The molecule has 0 radical (unpaired) electrons. The van der Waals surface area contributed by atoms with Crippen LogP contribution < -0.4 is 10.6 Å². The van der Waals surface area contributed by atoms with Gasteiger partial charge in [0.15, 0.2) is 0 Å². The van der Waals surface area contributed by atoms with Crippen LogP contribution in [0, 0.1) is 11.8 Å². The van der Waals surface area contributed by atoms with E-state index in [0.717, 1.165) is 23.7 Å². The van der Waals surface area contributed by atoms with E-state index in [0.29, 0.717) is 18.5 Å². The van der Waals surface area contributed by atoms with Crippen molar-refractivity contribution in [2.24, 2.45) is 11.8 Å². The highest BCUT2D eigenvalue weighted by molar-refractivity contribution is 5.74. The van der Waals surface area contributed by atoms with Crippen molar-refractivity contribution in [3.05, 3.63) is 42.6 Å². The standard InChI is InChI=1S/C19H25N5O/c25-19(23-17-10-16(17)15-4-2-1-3-5-15)22-12-14-6-7-18(21-11-14)24-9-8-20-13-24/h6-9,11,13,15-17H,1-5,10,12H2,(H2,22,23,25)/t16-,17+/m0/s1. The topological polar surface area (TPSA) is 71.8 Å². The molecule has 2 aromatic rings. The number of hydrogen-bond donors (Lipinski definition) is 2. The molecule has 0 aromatic carbocycles. The van der Waals surface area contributed by atoms with Gasteiger partial charge in [0.25, 0.3) is 0 Å². The molecule has 0 bridgehead atoms. The van der Waals surface area contributed by atoms with Crippen LogP contribution in [0.5, 0.6) is 0 Å². The molecule has 2 amide bonds. The summed E-state index contributed by atoms with van der Waals surface area (Å²) >= 11 is 0. The van der Waals surface area contributed by atoms with Gasteiger partial charge in [0.05, 0.1) is 0 Å². The lowest BCUT2D eigenvalue weighted by molar-refractivity contribution is 0.237. The molecule has 0 saturated heterocycles. The molecule has 2 N–H and O–H groups in total. The fourth-order valence-corrected chi connectivity index (χ4v) is 3.93. The summed E-state index contributed by atoms with van der Waals surface area (Å²) in [6, 6.07) is 4.22. The summed E-state index contributed by atoms with van der Waals surface area (Å²) < 4.78 is 1.85. The summed E-state index contributed by atoms with van der Waals surface area (Å²) in [6.07, 6.45) is 15.0. The normalized spacial score (nSPS) is 23.2. The van der Waals surface area contributed by atoms with Gasteiger partial charge < -0.3 is 10.6 Å². The number of urea groups is 1. The van der Waals surface area contributed by atoms with Gasteiger partial charge in [-0.05, 0) is 29.9 Å². The number of nitrogens with zero attached hydrogens (tertiary/aromatic N) is 3. The van der Waals surface area contributed by atoms with E-state index in [-0.39, 0.29) is 6.03 Å². The molecule has 2 aliphatic carbocycles. The van der Waals surface area contributed by atoms with E-state index in [2.05, 4.69) is 20.6 Å². The SMILES string of the molecule is O=C(NCc1ccc(-n2ccnc2)nc1)N[C@@H]1C[C@H]1C1CCCCC1. The molecule has 2 atom stereocenters. The minimum Gasteiger partial charge on any atom is -0.335 e. The van der Waals surface area contributed by atoms with E-state index >= 15 is 0 Å². The lowest BCUT2D eigenvalue weighted by Crippen LogP contribution is -2.37. The molecule has 2 fully saturated rings. The van der Waals surface area contributed by atoms with E-state index in [1.165, 1.54) is 32.1 Å². The Hall–Kier alpha value is -2.37.